The molecule has 27 heavy (non-hydrogen) atoms. The molecule has 0 radical (unpaired) electrons. The molecule has 2 N–H and O–H groups in total. The molecule has 142 valence electrons. The molecular formula is C20H22N2O5. The zero-order chi connectivity index (χ0) is 19.8. The van der Waals surface area contributed by atoms with Crippen LogP contribution in [0.15, 0.2) is 48.5 Å². The third-order valence-electron chi connectivity index (χ3n) is 3.48. The Kier molecular flexibility index (Phi) is 6.93. The van der Waals surface area contributed by atoms with Crippen molar-refractivity contribution in [2.45, 2.75) is 13.8 Å². The molecule has 0 aliphatic carbocycles. The van der Waals surface area contributed by atoms with Gasteiger partial charge in [-0.3, -0.25) is 10.1 Å². The van der Waals surface area contributed by atoms with E-state index in [2.05, 4.69) is 15.4 Å². The van der Waals surface area contributed by atoms with Crippen molar-refractivity contribution in [2.75, 3.05) is 24.4 Å². The number of carbonyl (C=O) groups excluding carboxylic acids is 3. The monoisotopic (exact) mass is 370 g/mol. The van der Waals surface area contributed by atoms with E-state index >= 15 is 0 Å². The number of benzene rings is 2. The van der Waals surface area contributed by atoms with Crippen LogP contribution >= 0.6 is 0 Å². The minimum Gasteiger partial charge on any atom is -0.465 e. The second-order valence-electron chi connectivity index (χ2n) is 6.22. The largest absolute Gasteiger partial charge is 0.465 e. The second-order valence-corrected chi connectivity index (χ2v) is 6.22. The van der Waals surface area contributed by atoms with Gasteiger partial charge >= 0.3 is 12.1 Å². The summed E-state index contributed by atoms with van der Waals surface area (Å²) in [5, 5.41) is 5.35. The molecule has 0 fully saturated rings. The molecule has 0 heterocycles. The first kappa shape index (κ1) is 20.0. The van der Waals surface area contributed by atoms with Crippen LogP contribution < -0.4 is 10.6 Å². The van der Waals surface area contributed by atoms with Crippen LogP contribution in [0.4, 0.5) is 16.2 Å². The summed E-state index contributed by atoms with van der Waals surface area (Å²) >= 11 is 0. The average Bonchev–Trinajstić information content (AvgIpc) is 2.66. The van der Waals surface area contributed by atoms with E-state index in [0.29, 0.717) is 29.1 Å². The number of rotatable bonds is 6. The summed E-state index contributed by atoms with van der Waals surface area (Å²) in [6.07, 6.45) is -0.550. The minimum absolute atomic E-state index is 0.243. The Morgan fingerprint density at radius 1 is 0.926 bits per heavy atom. The Balaban J connectivity index is 1.99. The van der Waals surface area contributed by atoms with Gasteiger partial charge in [-0.2, -0.15) is 0 Å². The zero-order valence-electron chi connectivity index (χ0n) is 15.4. The van der Waals surface area contributed by atoms with Crippen molar-refractivity contribution in [1.82, 2.24) is 0 Å². The summed E-state index contributed by atoms with van der Waals surface area (Å²) in [4.78, 5) is 35.5. The van der Waals surface area contributed by atoms with Crippen LogP contribution in [-0.4, -0.2) is 31.7 Å². The summed E-state index contributed by atoms with van der Waals surface area (Å²) in [6, 6.07) is 12.8. The maximum Gasteiger partial charge on any atom is 0.411 e. The van der Waals surface area contributed by atoms with Crippen molar-refractivity contribution < 1.29 is 23.9 Å². The summed E-state index contributed by atoms with van der Waals surface area (Å²) in [5.41, 5.74) is 1.76. The standard InChI is InChI=1S/C20H22N2O5/c1-13(2)12-27-20(25)22-17-6-4-5-16(11-17)21-18(23)14-7-9-15(10-8-14)19(24)26-3/h4-11,13H,12H2,1-3H3,(H,21,23)(H,22,25). The highest BCUT2D eigenvalue weighted by Gasteiger charge is 2.10. The number of ether oxygens (including phenoxy) is 2. The first-order valence-corrected chi connectivity index (χ1v) is 8.42. The number of methoxy groups -OCH3 is 1. The first-order chi connectivity index (χ1) is 12.9. The van der Waals surface area contributed by atoms with Gasteiger partial charge in [0.05, 0.1) is 19.3 Å². The molecule has 0 unspecified atom stereocenters. The van der Waals surface area contributed by atoms with Crippen molar-refractivity contribution in [3.8, 4) is 0 Å². The molecular weight excluding hydrogens is 348 g/mol. The van der Waals surface area contributed by atoms with Crippen molar-refractivity contribution in [3.63, 3.8) is 0 Å². The number of nitrogens with one attached hydrogen (secondary N) is 2. The van der Waals surface area contributed by atoms with Crippen molar-refractivity contribution in [1.29, 1.82) is 0 Å². The van der Waals surface area contributed by atoms with Crippen LogP contribution in [0.5, 0.6) is 0 Å². The fraction of sp³-hybridized carbons (Fsp3) is 0.250. The van der Waals surface area contributed by atoms with Crippen LogP contribution in [0, 0.1) is 5.92 Å². The van der Waals surface area contributed by atoms with Crippen molar-refractivity contribution in [3.05, 3.63) is 59.7 Å². The molecule has 0 aliphatic heterocycles. The maximum atomic E-state index is 12.3. The van der Waals surface area contributed by atoms with E-state index in [1.165, 1.54) is 31.4 Å². The van der Waals surface area contributed by atoms with Crippen LogP contribution in [0.3, 0.4) is 0 Å². The molecule has 0 saturated heterocycles. The summed E-state index contributed by atoms with van der Waals surface area (Å²) < 4.78 is 9.69. The van der Waals surface area contributed by atoms with E-state index < -0.39 is 12.1 Å². The normalized spacial score (nSPS) is 10.2. The van der Waals surface area contributed by atoms with E-state index in [1.807, 2.05) is 13.8 Å². The molecule has 0 atom stereocenters. The molecule has 0 saturated carbocycles. The fourth-order valence-corrected chi connectivity index (χ4v) is 2.15. The Morgan fingerprint density at radius 3 is 2.11 bits per heavy atom. The lowest BCUT2D eigenvalue weighted by atomic mass is 10.1. The minimum atomic E-state index is -0.550. The third kappa shape index (κ3) is 6.14. The van der Waals surface area contributed by atoms with E-state index in [-0.39, 0.29) is 11.8 Å². The van der Waals surface area contributed by atoms with Crippen molar-refractivity contribution in [2.24, 2.45) is 5.92 Å². The maximum absolute atomic E-state index is 12.3. The van der Waals surface area contributed by atoms with Crippen LogP contribution in [0.2, 0.25) is 0 Å². The predicted octanol–water partition coefficient (Wildman–Crippen LogP) is 3.93. The smallest absolute Gasteiger partial charge is 0.411 e. The molecule has 0 bridgehead atoms. The number of esters is 1. The van der Waals surface area contributed by atoms with Gasteiger partial charge < -0.3 is 14.8 Å². The van der Waals surface area contributed by atoms with Gasteiger partial charge in [0, 0.05) is 16.9 Å². The highest BCUT2D eigenvalue weighted by atomic mass is 16.5. The van der Waals surface area contributed by atoms with Gasteiger partial charge in [-0.15, -0.1) is 0 Å². The Labute approximate surface area is 157 Å². The molecule has 2 amide bonds. The Hall–Kier alpha value is -3.35. The van der Waals surface area contributed by atoms with Gasteiger partial charge in [0.25, 0.3) is 5.91 Å². The van der Waals surface area contributed by atoms with E-state index in [4.69, 9.17) is 4.74 Å². The predicted molar refractivity (Wildman–Crippen MR) is 102 cm³/mol. The molecule has 2 aromatic carbocycles. The number of carbonyl (C=O) groups is 3. The Bertz CT molecular complexity index is 815. The number of amides is 2. The highest BCUT2D eigenvalue weighted by molar-refractivity contribution is 6.05. The molecule has 0 spiro atoms. The van der Waals surface area contributed by atoms with Gasteiger partial charge in [-0.05, 0) is 48.4 Å². The second kappa shape index (κ2) is 9.38. The molecule has 0 aromatic heterocycles. The van der Waals surface area contributed by atoms with Gasteiger partial charge in [-0.1, -0.05) is 19.9 Å². The molecule has 7 heteroatoms. The van der Waals surface area contributed by atoms with Crippen molar-refractivity contribution >= 4 is 29.3 Å². The van der Waals surface area contributed by atoms with Gasteiger partial charge in [-0.25, -0.2) is 9.59 Å². The van der Waals surface area contributed by atoms with Gasteiger partial charge in [0.2, 0.25) is 0 Å². The number of anilines is 2. The fourth-order valence-electron chi connectivity index (χ4n) is 2.15. The third-order valence-corrected chi connectivity index (χ3v) is 3.48. The van der Waals surface area contributed by atoms with Crippen LogP contribution in [0.1, 0.15) is 34.6 Å². The number of hydrogen-bond donors (Lipinski definition) is 2. The lowest BCUT2D eigenvalue weighted by Crippen LogP contribution is -2.17. The van der Waals surface area contributed by atoms with E-state index in [1.54, 1.807) is 24.3 Å². The van der Waals surface area contributed by atoms with E-state index in [0.717, 1.165) is 0 Å². The number of hydrogen-bond acceptors (Lipinski definition) is 5. The Morgan fingerprint density at radius 2 is 1.52 bits per heavy atom. The summed E-state index contributed by atoms with van der Waals surface area (Å²) in [7, 11) is 1.29. The zero-order valence-corrected chi connectivity index (χ0v) is 15.4. The van der Waals surface area contributed by atoms with Crippen LogP contribution in [0.25, 0.3) is 0 Å². The summed E-state index contributed by atoms with van der Waals surface area (Å²) in [6.45, 7) is 4.21. The van der Waals surface area contributed by atoms with Crippen LogP contribution in [-0.2, 0) is 9.47 Å². The average molecular weight is 370 g/mol. The van der Waals surface area contributed by atoms with Gasteiger partial charge in [0.1, 0.15) is 0 Å². The first-order valence-electron chi connectivity index (χ1n) is 8.42. The molecule has 2 aromatic rings. The molecule has 7 nitrogen and oxygen atoms in total. The molecule has 0 aliphatic rings. The SMILES string of the molecule is COC(=O)c1ccc(C(=O)Nc2cccc(NC(=O)OCC(C)C)c2)cc1. The quantitative estimate of drug-likeness (QED) is 0.752. The lowest BCUT2D eigenvalue weighted by molar-refractivity contribution is 0.0600. The highest BCUT2D eigenvalue weighted by Crippen LogP contribution is 2.17. The summed E-state index contributed by atoms with van der Waals surface area (Å²) in [5.74, 6) is -0.567. The van der Waals surface area contributed by atoms with Gasteiger partial charge in [0.15, 0.2) is 0 Å². The lowest BCUT2D eigenvalue weighted by Gasteiger charge is -2.10. The molecule has 2 rings (SSSR count). The van der Waals surface area contributed by atoms with E-state index in [9.17, 15) is 14.4 Å². The topological polar surface area (TPSA) is 93.7 Å².